The third-order valence-electron chi connectivity index (χ3n) is 3.77. The molecule has 134 valence electrons. The fraction of sp³-hybridized carbons (Fsp3) is 0.389. The first-order valence-corrected chi connectivity index (χ1v) is 8.44. The van der Waals surface area contributed by atoms with Gasteiger partial charge in [0.2, 0.25) is 0 Å². The molecule has 0 unspecified atom stereocenters. The molecule has 0 radical (unpaired) electrons. The van der Waals surface area contributed by atoms with Gasteiger partial charge in [-0.3, -0.25) is 0 Å². The molecule has 0 saturated heterocycles. The lowest BCUT2D eigenvalue weighted by Crippen LogP contribution is -2.33. The minimum atomic E-state index is -0.220. The summed E-state index contributed by atoms with van der Waals surface area (Å²) >= 11 is 0. The number of rotatable bonds is 7. The van der Waals surface area contributed by atoms with Crippen molar-refractivity contribution in [3.05, 3.63) is 41.2 Å². The number of carbonyl (C=O) groups is 1. The Balaban J connectivity index is 1.79. The molecule has 25 heavy (non-hydrogen) atoms. The second-order valence-electron chi connectivity index (χ2n) is 5.77. The average molecular weight is 342 g/mol. The Kier molecular flexibility index (Phi) is 6.56. The van der Waals surface area contributed by atoms with Gasteiger partial charge in [0.1, 0.15) is 17.5 Å². The first kappa shape index (κ1) is 18.5. The zero-order valence-electron chi connectivity index (χ0n) is 15.2. The van der Waals surface area contributed by atoms with Crippen molar-refractivity contribution in [3.63, 3.8) is 0 Å². The summed E-state index contributed by atoms with van der Waals surface area (Å²) in [7, 11) is 0. The SMILES string of the molecule is CCNc1cc(NCCNC(=O)Nc2cccc(C)c2C)nc(C)n1. The molecule has 7 nitrogen and oxygen atoms in total. The smallest absolute Gasteiger partial charge is 0.319 e. The summed E-state index contributed by atoms with van der Waals surface area (Å²) < 4.78 is 0. The van der Waals surface area contributed by atoms with E-state index in [-0.39, 0.29) is 6.03 Å². The summed E-state index contributed by atoms with van der Waals surface area (Å²) in [6.45, 7) is 9.74. The summed E-state index contributed by atoms with van der Waals surface area (Å²) in [6, 6.07) is 7.48. The van der Waals surface area contributed by atoms with Crippen LogP contribution in [0.3, 0.4) is 0 Å². The third-order valence-corrected chi connectivity index (χ3v) is 3.77. The van der Waals surface area contributed by atoms with Gasteiger partial charge in [-0.1, -0.05) is 12.1 Å². The molecule has 7 heteroatoms. The number of hydrogen-bond acceptors (Lipinski definition) is 5. The van der Waals surface area contributed by atoms with Crippen molar-refractivity contribution < 1.29 is 4.79 Å². The number of aryl methyl sites for hydroxylation is 2. The molecule has 2 rings (SSSR count). The van der Waals surface area contributed by atoms with Gasteiger partial charge < -0.3 is 21.3 Å². The number of carbonyl (C=O) groups excluding carboxylic acids is 1. The number of amides is 2. The van der Waals surface area contributed by atoms with E-state index in [1.807, 2.05) is 52.0 Å². The highest BCUT2D eigenvalue weighted by molar-refractivity contribution is 5.90. The monoisotopic (exact) mass is 342 g/mol. The van der Waals surface area contributed by atoms with Crippen LogP contribution in [-0.2, 0) is 0 Å². The highest BCUT2D eigenvalue weighted by Crippen LogP contribution is 2.17. The van der Waals surface area contributed by atoms with E-state index in [1.54, 1.807) is 0 Å². The molecule has 0 aliphatic heterocycles. The molecule has 0 bridgehead atoms. The Morgan fingerprint density at radius 1 is 1.04 bits per heavy atom. The summed E-state index contributed by atoms with van der Waals surface area (Å²) in [4.78, 5) is 20.6. The van der Waals surface area contributed by atoms with Crippen molar-refractivity contribution in [3.8, 4) is 0 Å². The highest BCUT2D eigenvalue weighted by atomic mass is 16.2. The van der Waals surface area contributed by atoms with Gasteiger partial charge in [-0.25, -0.2) is 14.8 Å². The molecule has 1 heterocycles. The number of hydrogen-bond donors (Lipinski definition) is 4. The molecule has 0 aliphatic rings. The van der Waals surface area contributed by atoms with Gasteiger partial charge in [-0.05, 0) is 44.9 Å². The molecular formula is C18H26N6O. The summed E-state index contributed by atoms with van der Waals surface area (Å²) in [5, 5.41) is 12.1. The minimum absolute atomic E-state index is 0.220. The maximum Gasteiger partial charge on any atom is 0.319 e. The molecule has 0 saturated carbocycles. The molecule has 1 aromatic heterocycles. The van der Waals surface area contributed by atoms with Crippen LogP contribution in [0.2, 0.25) is 0 Å². The molecule has 4 N–H and O–H groups in total. The third kappa shape index (κ3) is 5.63. The molecule has 0 fully saturated rings. The van der Waals surface area contributed by atoms with Crippen LogP contribution in [0, 0.1) is 20.8 Å². The molecule has 2 aromatic rings. The zero-order chi connectivity index (χ0) is 18.2. The van der Waals surface area contributed by atoms with Gasteiger partial charge in [0.05, 0.1) is 0 Å². The summed E-state index contributed by atoms with van der Waals surface area (Å²) in [5.74, 6) is 2.22. The first-order valence-electron chi connectivity index (χ1n) is 8.44. The first-order chi connectivity index (χ1) is 12.0. The average Bonchev–Trinajstić information content (AvgIpc) is 2.56. The van der Waals surface area contributed by atoms with E-state index >= 15 is 0 Å². The van der Waals surface area contributed by atoms with Crippen molar-refractivity contribution in [2.24, 2.45) is 0 Å². The van der Waals surface area contributed by atoms with Gasteiger partial charge in [-0.2, -0.15) is 0 Å². The van der Waals surface area contributed by atoms with Crippen LogP contribution < -0.4 is 21.3 Å². The van der Waals surface area contributed by atoms with E-state index in [1.165, 1.54) is 0 Å². The minimum Gasteiger partial charge on any atom is -0.370 e. The quantitative estimate of drug-likeness (QED) is 0.581. The molecule has 1 aromatic carbocycles. The predicted molar refractivity (Wildman–Crippen MR) is 102 cm³/mol. The number of anilines is 3. The molecule has 0 spiro atoms. The van der Waals surface area contributed by atoms with Gasteiger partial charge in [0.15, 0.2) is 0 Å². The van der Waals surface area contributed by atoms with Gasteiger partial charge in [-0.15, -0.1) is 0 Å². The van der Waals surface area contributed by atoms with E-state index in [0.717, 1.165) is 35.0 Å². The van der Waals surface area contributed by atoms with E-state index in [4.69, 9.17) is 0 Å². The van der Waals surface area contributed by atoms with Crippen LogP contribution >= 0.6 is 0 Å². The van der Waals surface area contributed by atoms with Crippen LogP contribution in [0.25, 0.3) is 0 Å². The van der Waals surface area contributed by atoms with Crippen LogP contribution in [0.1, 0.15) is 23.9 Å². The topological polar surface area (TPSA) is 91.0 Å². The van der Waals surface area contributed by atoms with Crippen molar-refractivity contribution in [2.75, 3.05) is 35.6 Å². The fourth-order valence-corrected chi connectivity index (χ4v) is 2.35. The van der Waals surface area contributed by atoms with E-state index in [0.29, 0.717) is 18.9 Å². The number of urea groups is 1. The van der Waals surface area contributed by atoms with Gasteiger partial charge in [0, 0.05) is 31.4 Å². The van der Waals surface area contributed by atoms with E-state index in [9.17, 15) is 4.79 Å². The Hall–Kier alpha value is -2.83. The molecule has 2 amide bonds. The number of benzene rings is 1. The van der Waals surface area contributed by atoms with E-state index < -0.39 is 0 Å². The second-order valence-corrected chi connectivity index (χ2v) is 5.77. The Morgan fingerprint density at radius 2 is 1.76 bits per heavy atom. The largest absolute Gasteiger partial charge is 0.370 e. The van der Waals surface area contributed by atoms with Crippen LogP contribution in [0.5, 0.6) is 0 Å². The Bertz CT molecular complexity index is 732. The van der Waals surface area contributed by atoms with Gasteiger partial charge >= 0.3 is 6.03 Å². The lowest BCUT2D eigenvalue weighted by molar-refractivity contribution is 0.252. The second kappa shape index (κ2) is 8.86. The Labute approximate surface area is 148 Å². The molecular weight excluding hydrogens is 316 g/mol. The Morgan fingerprint density at radius 3 is 2.48 bits per heavy atom. The maximum atomic E-state index is 12.0. The maximum absolute atomic E-state index is 12.0. The fourth-order valence-electron chi connectivity index (χ4n) is 2.35. The highest BCUT2D eigenvalue weighted by Gasteiger charge is 2.05. The van der Waals surface area contributed by atoms with Crippen LogP contribution in [-0.4, -0.2) is 35.6 Å². The number of nitrogens with one attached hydrogen (secondary N) is 4. The van der Waals surface area contributed by atoms with Crippen molar-refractivity contribution in [2.45, 2.75) is 27.7 Å². The lowest BCUT2D eigenvalue weighted by Gasteiger charge is -2.12. The summed E-state index contributed by atoms with van der Waals surface area (Å²) in [6.07, 6.45) is 0. The number of aromatic nitrogens is 2. The zero-order valence-corrected chi connectivity index (χ0v) is 15.2. The standard InChI is InChI=1S/C18H26N6O/c1-5-19-16-11-17(23-14(4)22-16)20-9-10-21-18(25)24-15-8-6-7-12(2)13(15)3/h6-8,11H,5,9-10H2,1-4H3,(H2,21,24,25)(H2,19,20,22,23). The molecule has 0 atom stereocenters. The van der Waals surface area contributed by atoms with Crippen LogP contribution in [0.4, 0.5) is 22.1 Å². The normalized spacial score (nSPS) is 10.2. The van der Waals surface area contributed by atoms with Crippen molar-refractivity contribution in [1.29, 1.82) is 0 Å². The molecule has 0 aliphatic carbocycles. The van der Waals surface area contributed by atoms with Crippen LogP contribution in [0.15, 0.2) is 24.3 Å². The van der Waals surface area contributed by atoms with Gasteiger partial charge in [0.25, 0.3) is 0 Å². The van der Waals surface area contributed by atoms with Crippen molar-refractivity contribution >= 4 is 23.4 Å². The number of nitrogens with zero attached hydrogens (tertiary/aromatic N) is 2. The predicted octanol–water partition coefficient (Wildman–Crippen LogP) is 3.07. The summed E-state index contributed by atoms with van der Waals surface area (Å²) in [5.41, 5.74) is 3.05. The van der Waals surface area contributed by atoms with Crippen molar-refractivity contribution in [1.82, 2.24) is 15.3 Å². The van der Waals surface area contributed by atoms with E-state index in [2.05, 4.69) is 31.2 Å². The lowest BCUT2D eigenvalue weighted by atomic mass is 10.1.